The number of hydrogen-bond donors (Lipinski definition) is 1. The summed E-state index contributed by atoms with van der Waals surface area (Å²) >= 11 is 3.63. The van der Waals surface area contributed by atoms with Crippen molar-refractivity contribution in [2.45, 2.75) is 33.2 Å². The van der Waals surface area contributed by atoms with Crippen molar-refractivity contribution in [2.75, 3.05) is 24.5 Å². The van der Waals surface area contributed by atoms with E-state index in [0.717, 1.165) is 19.6 Å². The van der Waals surface area contributed by atoms with Gasteiger partial charge in [-0.15, -0.1) is 0 Å². The second-order valence-corrected chi connectivity index (χ2v) is 7.04. The fraction of sp³-hybridized carbons (Fsp3) is 0.600. The summed E-state index contributed by atoms with van der Waals surface area (Å²) < 4.78 is 1.20. The molecule has 0 aromatic heterocycles. The van der Waals surface area contributed by atoms with Gasteiger partial charge in [-0.2, -0.15) is 0 Å². The summed E-state index contributed by atoms with van der Waals surface area (Å²) in [4.78, 5) is 2.49. The molecule has 1 aliphatic heterocycles. The first kappa shape index (κ1) is 13.9. The number of hydrogen-bond acceptors (Lipinski definition) is 2. The van der Waals surface area contributed by atoms with Crippen molar-refractivity contribution in [2.24, 2.45) is 5.92 Å². The molecule has 18 heavy (non-hydrogen) atoms. The molecule has 0 amide bonds. The van der Waals surface area contributed by atoms with Gasteiger partial charge in [0.2, 0.25) is 0 Å². The summed E-state index contributed by atoms with van der Waals surface area (Å²) in [7, 11) is 0. The van der Waals surface area contributed by atoms with Crippen LogP contribution in [0.4, 0.5) is 5.69 Å². The largest absolute Gasteiger partial charge is 0.369 e. The molecule has 0 radical (unpaired) electrons. The molecule has 1 aliphatic rings. The summed E-state index contributed by atoms with van der Waals surface area (Å²) in [6.07, 6.45) is 0. The van der Waals surface area contributed by atoms with Gasteiger partial charge in [-0.1, -0.05) is 28.9 Å². The van der Waals surface area contributed by atoms with E-state index in [1.807, 2.05) is 0 Å². The molecule has 1 heterocycles. The van der Waals surface area contributed by atoms with Gasteiger partial charge >= 0.3 is 0 Å². The molecule has 0 aliphatic carbocycles. The quantitative estimate of drug-likeness (QED) is 0.853. The molecule has 0 spiro atoms. The van der Waals surface area contributed by atoms with E-state index in [1.165, 1.54) is 15.7 Å². The van der Waals surface area contributed by atoms with Crippen molar-refractivity contribution in [3.05, 3.63) is 28.2 Å². The molecule has 2 rings (SSSR count). The molecular weight excluding hydrogens is 288 g/mol. The van der Waals surface area contributed by atoms with Crippen molar-refractivity contribution >= 4 is 21.6 Å². The maximum absolute atomic E-state index is 3.64. The minimum absolute atomic E-state index is 0.169. The molecule has 0 bridgehead atoms. The summed E-state index contributed by atoms with van der Waals surface area (Å²) in [5, 5.41) is 3.64. The number of nitrogens with one attached hydrogen (secondary N) is 1. The molecule has 1 aromatic rings. The van der Waals surface area contributed by atoms with Crippen molar-refractivity contribution in [1.29, 1.82) is 0 Å². The minimum atomic E-state index is 0.169. The van der Waals surface area contributed by atoms with Crippen LogP contribution in [0, 0.1) is 12.8 Å². The van der Waals surface area contributed by atoms with E-state index in [0.29, 0.717) is 5.92 Å². The summed E-state index contributed by atoms with van der Waals surface area (Å²) in [6.45, 7) is 12.3. The van der Waals surface area contributed by atoms with Gasteiger partial charge in [0.15, 0.2) is 0 Å². The average Bonchev–Trinajstić information content (AvgIpc) is 2.42. The molecule has 1 fully saturated rings. The lowest BCUT2D eigenvalue weighted by Crippen LogP contribution is -2.46. The van der Waals surface area contributed by atoms with Crippen molar-refractivity contribution in [1.82, 2.24) is 5.32 Å². The van der Waals surface area contributed by atoms with Crippen LogP contribution < -0.4 is 10.2 Å². The Morgan fingerprint density at radius 1 is 1.39 bits per heavy atom. The van der Waals surface area contributed by atoms with Gasteiger partial charge in [0.25, 0.3) is 0 Å². The Morgan fingerprint density at radius 3 is 2.78 bits per heavy atom. The third-order valence-electron chi connectivity index (χ3n) is 3.57. The van der Waals surface area contributed by atoms with Crippen LogP contribution in [0.3, 0.4) is 0 Å². The first-order chi connectivity index (χ1) is 8.37. The Labute approximate surface area is 119 Å². The number of aryl methyl sites for hydroxylation is 1. The predicted molar refractivity (Wildman–Crippen MR) is 82.3 cm³/mol. The van der Waals surface area contributed by atoms with Gasteiger partial charge in [0.05, 0.1) is 0 Å². The minimum Gasteiger partial charge on any atom is -0.369 e. The topological polar surface area (TPSA) is 15.3 Å². The number of nitrogens with zero attached hydrogens (tertiary/aromatic N) is 1. The molecule has 1 N–H and O–H groups in total. The zero-order chi connectivity index (χ0) is 13.3. The molecular formula is C15H23BrN2. The third-order valence-corrected chi connectivity index (χ3v) is 4.42. The summed E-state index contributed by atoms with van der Waals surface area (Å²) in [5.41, 5.74) is 2.78. The van der Waals surface area contributed by atoms with Crippen LogP contribution >= 0.6 is 15.9 Å². The number of anilines is 1. The summed E-state index contributed by atoms with van der Waals surface area (Å²) in [6, 6.07) is 6.66. The molecule has 0 saturated carbocycles. The lowest BCUT2D eigenvalue weighted by Gasteiger charge is -2.32. The van der Waals surface area contributed by atoms with Gasteiger partial charge in [-0.05, 0) is 50.9 Å². The van der Waals surface area contributed by atoms with Gasteiger partial charge in [-0.3, -0.25) is 0 Å². The van der Waals surface area contributed by atoms with Gasteiger partial charge in [0.1, 0.15) is 0 Å². The maximum atomic E-state index is 3.64. The smallest absolute Gasteiger partial charge is 0.0378 e. The second-order valence-electron chi connectivity index (χ2n) is 6.18. The first-order valence-corrected chi connectivity index (χ1v) is 7.43. The monoisotopic (exact) mass is 310 g/mol. The standard InChI is InChI=1S/C15H23BrN2/c1-11-8-17-15(3,4)10-18(9-11)13-6-5-12(2)14(16)7-13/h5-7,11,17H,8-10H2,1-4H3. The van der Waals surface area contributed by atoms with Crippen LogP contribution in [-0.4, -0.2) is 25.2 Å². The van der Waals surface area contributed by atoms with Crippen LogP contribution in [0.1, 0.15) is 26.3 Å². The van der Waals surface area contributed by atoms with Crippen molar-refractivity contribution < 1.29 is 0 Å². The molecule has 3 heteroatoms. The van der Waals surface area contributed by atoms with Gasteiger partial charge < -0.3 is 10.2 Å². The Bertz CT molecular complexity index is 429. The van der Waals surface area contributed by atoms with Gasteiger partial charge in [-0.25, -0.2) is 0 Å². The number of halogens is 1. The SMILES string of the molecule is Cc1ccc(N2CC(C)CNC(C)(C)C2)cc1Br. The predicted octanol–water partition coefficient (Wildman–Crippen LogP) is 3.58. The Kier molecular flexibility index (Phi) is 4.02. The highest BCUT2D eigenvalue weighted by atomic mass is 79.9. The molecule has 2 nitrogen and oxygen atoms in total. The van der Waals surface area contributed by atoms with Crippen LogP contribution in [-0.2, 0) is 0 Å². The van der Waals surface area contributed by atoms with Crippen LogP contribution in [0.15, 0.2) is 22.7 Å². The number of benzene rings is 1. The lowest BCUT2D eigenvalue weighted by atomic mass is 10.1. The Balaban J connectivity index is 2.26. The van der Waals surface area contributed by atoms with E-state index in [-0.39, 0.29) is 5.54 Å². The fourth-order valence-electron chi connectivity index (χ4n) is 2.46. The van der Waals surface area contributed by atoms with E-state index in [4.69, 9.17) is 0 Å². The molecule has 1 aromatic carbocycles. The third kappa shape index (κ3) is 3.27. The van der Waals surface area contributed by atoms with E-state index < -0.39 is 0 Å². The van der Waals surface area contributed by atoms with Gasteiger partial charge in [0, 0.05) is 28.8 Å². The van der Waals surface area contributed by atoms with Crippen LogP contribution in [0.2, 0.25) is 0 Å². The van der Waals surface area contributed by atoms with E-state index in [9.17, 15) is 0 Å². The summed E-state index contributed by atoms with van der Waals surface area (Å²) in [5.74, 6) is 0.673. The Morgan fingerprint density at radius 2 is 2.11 bits per heavy atom. The molecule has 100 valence electrons. The molecule has 1 unspecified atom stereocenters. The average molecular weight is 311 g/mol. The van der Waals surface area contributed by atoms with Crippen molar-refractivity contribution in [3.63, 3.8) is 0 Å². The molecule has 1 atom stereocenters. The second kappa shape index (κ2) is 5.22. The molecule has 1 saturated heterocycles. The lowest BCUT2D eigenvalue weighted by molar-refractivity contribution is 0.402. The van der Waals surface area contributed by atoms with E-state index >= 15 is 0 Å². The highest BCUT2D eigenvalue weighted by Crippen LogP contribution is 2.26. The fourth-order valence-corrected chi connectivity index (χ4v) is 2.83. The highest BCUT2D eigenvalue weighted by Gasteiger charge is 2.27. The highest BCUT2D eigenvalue weighted by molar-refractivity contribution is 9.10. The van der Waals surface area contributed by atoms with E-state index in [2.05, 4.69) is 72.0 Å². The normalized spacial score (nSPS) is 23.8. The van der Waals surface area contributed by atoms with Crippen molar-refractivity contribution in [3.8, 4) is 0 Å². The zero-order valence-electron chi connectivity index (χ0n) is 11.8. The van der Waals surface area contributed by atoms with E-state index in [1.54, 1.807) is 0 Å². The number of rotatable bonds is 1. The maximum Gasteiger partial charge on any atom is 0.0378 e. The first-order valence-electron chi connectivity index (χ1n) is 6.63. The zero-order valence-corrected chi connectivity index (χ0v) is 13.3. The Hall–Kier alpha value is -0.540. The van der Waals surface area contributed by atoms with Crippen LogP contribution in [0.25, 0.3) is 0 Å². The van der Waals surface area contributed by atoms with Crippen LogP contribution in [0.5, 0.6) is 0 Å².